The standard InChI is InChI=1S/C23H23F2N3O2S/c1-26-22(29)16-6-5-14(11-19(16)25)12-28-13-17(21-18(24)3-2-4-20(21)28)23(30)27-15-7-9-31-10-8-15/h2-6,11,13,15H,7-10,12H2,1H3,(H,26,29)(H,27,30). The average molecular weight is 444 g/mol. The Balaban J connectivity index is 1.66. The normalized spacial score (nSPS) is 14.5. The molecular formula is C23H23F2N3O2S. The zero-order valence-electron chi connectivity index (χ0n) is 17.1. The number of amides is 2. The van der Waals surface area contributed by atoms with Gasteiger partial charge in [0, 0.05) is 31.2 Å². The molecule has 1 fully saturated rings. The number of aromatic nitrogens is 1. The molecule has 2 N–H and O–H groups in total. The predicted octanol–water partition coefficient (Wildman–Crippen LogP) is 3.95. The molecule has 0 unspecified atom stereocenters. The number of benzene rings is 2. The van der Waals surface area contributed by atoms with Crippen molar-refractivity contribution in [3.8, 4) is 0 Å². The molecule has 2 amide bonds. The highest BCUT2D eigenvalue weighted by molar-refractivity contribution is 7.99. The number of nitrogens with one attached hydrogen (secondary N) is 2. The van der Waals surface area contributed by atoms with Crippen molar-refractivity contribution in [2.75, 3.05) is 18.6 Å². The van der Waals surface area contributed by atoms with Crippen LogP contribution in [0, 0.1) is 11.6 Å². The minimum atomic E-state index is -0.632. The summed E-state index contributed by atoms with van der Waals surface area (Å²) < 4.78 is 30.8. The minimum Gasteiger partial charge on any atom is -0.355 e. The van der Waals surface area contributed by atoms with E-state index in [1.54, 1.807) is 29.0 Å². The zero-order valence-corrected chi connectivity index (χ0v) is 17.9. The third kappa shape index (κ3) is 4.44. The van der Waals surface area contributed by atoms with Crippen molar-refractivity contribution in [3.05, 3.63) is 70.9 Å². The first-order chi connectivity index (χ1) is 15.0. The van der Waals surface area contributed by atoms with E-state index >= 15 is 0 Å². The van der Waals surface area contributed by atoms with E-state index in [9.17, 15) is 18.4 Å². The summed E-state index contributed by atoms with van der Waals surface area (Å²) in [6.45, 7) is 0.234. The molecule has 0 atom stereocenters. The lowest BCUT2D eigenvalue weighted by Crippen LogP contribution is -2.37. The lowest BCUT2D eigenvalue weighted by Gasteiger charge is -2.22. The van der Waals surface area contributed by atoms with E-state index < -0.39 is 17.5 Å². The van der Waals surface area contributed by atoms with Gasteiger partial charge in [0.05, 0.1) is 16.6 Å². The summed E-state index contributed by atoms with van der Waals surface area (Å²) in [5, 5.41) is 5.69. The highest BCUT2D eigenvalue weighted by Crippen LogP contribution is 2.26. The Hall–Kier alpha value is -2.87. The molecule has 0 aliphatic carbocycles. The molecule has 5 nitrogen and oxygen atoms in total. The van der Waals surface area contributed by atoms with Crippen LogP contribution in [-0.4, -0.2) is 41.0 Å². The topological polar surface area (TPSA) is 63.1 Å². The Labute approximate surface area is 183 Å². The fourth-order valence-corrected chi connectivity index (χ4v) is 5.00. The van der Waals surface area contributed by atoms with Crippen molar-refractivity contribution in [1.82, 2.24) is 15.2 Å². The van der Waals surface area contributed by atoms with E-state index in [1.807, 2.05) is 11.8 Å². The molecular weight excluding hydrogens is 420 g/mol. The number of hydrogen-bond acceptors (Lipinski definition) is 3. The molecule has 0 bridgehead atoms. The summed E-state index contributed by atoms with van der Waals surface area (Å²) in [6.07, 6.45) is 3.41. The number of thioether (sulfide) groups is 1. The van der Waals surface area contributed by atoms with Gasteiger partial charge in [-0.05, 0) is 54.2 Å². The second kappa shape index (κ2) is 9.09. The lowest BCUT2D eigenvalue weighted by molar-refractivity contribution is 0.0933. The third-order valence-electron chi connectivity index (χ3n) is 5.51. The van der Waals surface area contributed by atoms with Gasteiger partial charge in [0.25, 0.3) is 11.8 Å². The van der Waals surface area contributed by atoms with Gasteiger partial charge in [-0.15, -0.1) is 0 Å². The second-order valence-corrected chi connectivity index (χ2v) is 8.78. The van der Waals surface area contributed by atoms with Crippen LogP contribution in [0.3, 0.4) is 0 Å². The van der Waals surface area contributed by atoms with Gasteiger partial charge in [-0.3, -0.25) is 9.59 Å². The van der Waals surface area contributed by atoms with E-state index in [-0.39, 0.29) is 35.0 Å². The first-order valence-corrected chi connectivity index (χ1v) is 11.3. The summed E-state index contributed by atoms with van der Waals surface area (Å²) in [6, 6.07) is 9.10. The largest absolute Gasteiger partial charge is 0.355 e. The van der Waals surface area contributed by atoms with Crippen LogP contribution in [0.4, 0.5) is 8.78 Å². The molecule has 8 heteroatoms. The molecule has 0 radical (unpaired) electrons. The highest BCUT2D eigenvalue weighted by atomic mass is 32.2. The van der Waals surface area contributed by atoms with Crippen molar-refractivity contribution in [3.63, 3.8) is 0 Å². The van der Waals surface area contributed by atoms with Crippen molar-refractivity contribution in [1.29, 1.82) is 0 Å². The van der Waals surface area contributed by atoms with Gasteiger partial charge < -0.3 is 15.2 Å². The molecule has 31 heavy (non-hydrogen) atoms. The Morgan fingerprint density at radius 2 is 1.84 bits per heavy atom. The van der Waals surface area contributed by atoms with Crippen LogP contribution in [0.5, 0.6) is 0 Å². The van der Waals surface area contributed by atoms with Gasteiger partial charge in [0.15, 0.2) is 0 Å². The predicted molar refractivity (Wildman–Crippen MR) is 119 cm³/mol. The summed E-state index contributed by atoms with van der Waals surface area (Å²) in [5.41, 5.74) is 1.39. The Morgan fingerprint density at radius 3 is 2.55 bits per heavy atom. The van der Waals surface area contributed by atoms with E-state index in [4.69, 9.17) is 0 Å². The van der Waals surface area contributed by atoms with Crippen LogP contribution in [0.1, 0.15) is 39.1 Å². The number of halogens is 2. The number of nitrogens with zero attached hydrogens (tertiary/aromatic N) is 1. The molecule has 1 aromatic heterocycles. The molecule has 2 heterocycles. The van der Waals surface area contributed by atoms with Crippen LogP contribution in [-0.2, 0) is 6.54 Å². The molecule has 0 saturated carbocycles. The number of fused-ring (bicyclic) bond motifs is 1. The smallest absolute Gasteiger partial charge is 0.253 e. The lowest BCUT2D eigenvalue weighted by atomic mass is 10.1. The van der Waals surface area contributed by atoms with Gasteiger partial charge in [0.1, 0.15) is 11.6 Å². The summed E-state index contributed by atoms with van der Waals surface area (Å²) in [7, 11) is 1.44. The molecule has 3 aromatic rings. The van der Waals surface area contributed by atoms with E-state index in [0.717, 1.165) is 24.3 Å². The van der Waals surface area contributed by atoms with Crippen molar-refractivity contribution >= 4 is 34.5 Å². The van der Waals surface area contributed by atoms with E-state index in [0.29, 0.717) is 11.1 Å². The molecule has 1 aliphatic rings. The highest BCUT2D eigenvalue weighted by Gasteiger charge is 2.22. The monoisotopic (exact) mass is 443 g/mol. The maximum absolute atomic E-state index is 14.7. The minimum absolute atomic E-state index is 0.0413. The van der Waals surface area contributed by atoms with Crippen molar-refractivity contribution in [2.45, 2.75) is 25.4 Å². The fraction of sp³-hybridized carbons (Fsp3) is 0.304. The Morgan fingerprint density at radius 1 is 1.06 bits per heavy atom. The van der Waals surface area contributed by atoms with Crippen LogP contribution < -0.4 is 10.6 Å². The first kappa shape index (κ1) is 21.4. The number of rotatable bonds is 5. The van der Waals surface area contributed by atoms with E-state index in [2.05, 4.69) is 10.6 Å². The summed E-state index contributed by atoms with van der Waals surface area (Å²) in [4.78, 5) is 24.7. The Kier molecular flexibility index (Phi) is 6.27. The van der Waals surface area contributed by atoms with Gasteiger partial charge >= 0.3 is 0 Å². The molecule has 1 saturated heterocycles. The van der Waals surface area contributed by atoms with Gasteiger partial charge in [0.2, 0.25) is 0 Å². The van der Waals surface area contributed by atoms with Gasteiger partial charge in [-0.1, -0.05) is 12.1 Å². The maximum atomic E-state index is 14.7. The third-order valence-corrected chi connectivity index (χ3v) is 6.56. The quantitative estimate of drug-likeness (QED) is 0.628. The van der Waals surface area contributed by atoms with Crippen molar-refractivity contribution < 1.29 is 18.4 Å². The van der Waals surface area contributed by atoms with Gasteiger partial charge in [-0.2, -0.15) is 11.8 Å². The molecule has 0 spiro atoms. The number of carbonyl (C=O) groups excluding carboxylic acids is 2. The molecule has 2 aromatic carbocycles. The molecule has 1 aliphatic heterocycles. The van der Waals surface area contributed by atoms with Crippen LogP contribution >= 0.6 is 11.8 Å². The number of hydrogen-bond donors (Lipinski definition) is 2. The molecule has 4 rings (SSSR count). The van der Waals surface area contributed by atoms with Gasteiger partial charge in [-0.25, -0.2) is 8.78 Å². The average Bonchev–Trinajstić information content (AvgIpc) is 3.14. The van der Waals surface area contributed by atoms with Crippen LogP contribution in [0.25, 0.3) is 10.9 Å². The number of carbonyl (C=O) groups is 2. The summed E-state index contributed by atoms with van der Waals surface area (Å²) >= 11 is 1.87. The second-order valence-electron chi connectivity index (χ2n) is 7.56. The van der Waals surface area contributed by atoms with E-state index in [1.165, 1.54) is 25.2 Å². The van der Waals surface area contributed by atoms with Crippen LogP contribution in [0.15, 0.2) is 42.6 Å². The summed E-state index contributed by atoms with van der Waals surface area (Å²) in [5.74, 6) is 0.0936. The Bertz CT molecular complexity index is 1140. The zero-order chi connectivity index (χ0) is 22.0. The molecule has 162 valence electrons. The van der Waals surface area contributed by atoms with Crippen LogP contribution in [0.2, 0.25) is 0 Å². The van der Waals surface area contributed by atoms with Crippen molar-refractivity contribution in [2.24, 2.45) is 0 Å². The fourth-order valence-electron chi connectivity index (χ4n) is 3.89. The SMILES string of the molecule is CNC(=O)c1ccc(Cn2cc(C(=O)NC3CCSCC3)c3c(F)cccc32)cc1F. The maximum Gasteiger partial charge on any atom is 0.253 e. The first-order valence-electron chi connectivity index (χ1n) is 10.1.